The molecule has 1 saturated heterocycles. The summed E-state index contributed by atoms with van der Waals surface area (Å²) < 4.78 is 0. The maximum atomic E-state index is 9.99. The summed E-state index contributed by atoms with van der Waals surface area (Å²) in [7, 11) is 0. The summed E-state index contributed by atoms with van der Waals surface area (Å²) in [5.41, 5.74) is 1.21. The lowest BCUT2D eigenvalue weighted by molar-refractivity contribution is 0.0671. The zero-order chi connectivity index (χ0) is 13.2. The van der Waals surface area contributed by atoms with Gasteiger partial charge in [0.1, 0.15) is 0 Å². The van der Waals surface area contributed by atoms with E-state index >= 15 is 0 Å². The van der Waals surface area contributed by atoms with E-state index in [1.807, 2.05) is 18.2 Å². The molecular formula is C15H21ClN2O. The summed E-state index contributed by atoms with van der Waals surface area (Å²) in [6.45, 7) is 4.11. The van der Waals surface area contributed by atoms with Crippen LogP contribution in [0.1, 0.15) is 19.3 Å². The molecule has 3 rings (SSSR count). The molecule has 1 aliphatic carbocycles. The second-order valence-corrected chi connectivity index (χ2v) is 6.00. The first kappa shape index (κ1) is 13.2. The minimum absolute atomic E-state index is 0.113. The summed E-state index contributed by atoms with van der Waals surface area (Å²) >= 11 is 6.05. The second-order valence-electron chi connectivity index (χ2n) is 5.57. The van der Waals surface area contributed by atoms with Gasteiger partial charge in [-0.05, 0) is 37.5 Å². The SMILES string of the molecule is O[C@@H]1CCC[C@@H]1N1CCN(c2cccc(Cl)c2)CC1. The lowest BCUT2D eigenvalue weighted by Crippen LogP contribution is -2.52. The third-order valence-electron chi connectivity index (χ3n) is 4.40. The molecule has 2 aliphatic rings. The van der Waals surface area contributed by atoms with E-state index in [9.17, 15) is 5.11 Å². The highest BCUT2D eigenvalue weighted by Crippen LogP contribution is 2.26. The van der Waals surface area contributed by atoms with Crippen LogP contribution >= 0.6 is 11.6 Å². The van der Waals surface area contributed by atoms with Crippen molar-refractivity contribution < 1.29 is 5.11 Å². The molecule has 2 fully saturated rings. The number of rotatable bonds is 2. The number of nitrogens with zero attached hydrogens (tertiary/aromatic N) is 2. The molecular weight excluding hydrogens is 260 g/mol. The van der Waals surface area contributed by atoms with Crippen molar-refractivity contribution in [3.63, 3.8) is 0 Å². The van der Waals surface area contributed by atoms with E-state index in [0.717, 1.165) is 44.0 Å². The van der Waals surface area contributed by atoms with Gasteiger partial charge >= 0.3 is 0 Å². The average Bonchev–Trinajstić information content (AvgIpc) is 2.85. The zero-order valence-electron chi connectivity index (χ0n) is 11.1. The van der Waals surface area contributed by atoms with Gasteiger partial charge < -0.3 is 10.0 Å². The Morgan fingerprint density at radius 2 is 1.89 bits per heavy atom. The Kier molecular flexibility index (Phi) is 3.96. The molecule has 0 amide bonds. The number of anilines is 1. The average molecular weight is 281 g/mol. The topological polar surface area (TPSA) is 26.7 Å². The summed E-state index contributed by atoms with van der Waals surface area (Å²) in [6.07, 6.45) is 3.18. The van der Waals surface area contributed by atoms with Crippen molar-refractivity contribution >= 4 is 17.3 Å². The van der Waals surface area contributed by atoms with Crippen LogP contribution in [0.2, 0.25) is 5.02 Å². The fraction of sp³-hybridized carbons (Fsp3) is 0.600. The third kappa shape index (κ3) is 2.88. The number of piperazine rings is 1. The zero-order valence-corrected chi connectivity index (χ0v) is 11.9. The number of hydrogen-bond acceptors (Lipinski definition) is 3. The van der Waals surface area contributed by atoms with Crippen LogP contribution in [0.4, 0.5) is 5.69 Å². The third-order valence-corrected chi connectivity index (χ3v) is 4.64. The van der Waals surface area contributed by atoms with Crippen molar-refractivity contribution in [1.29, 1.82) is 0 Å². The molecule has 0 bridgehead atoms. The van der Waals surface area contributed by atoms with Gasteiger partial charge in [-0.3, -0.25) is 4.90 Å². The largest absolute Gasteiger partial charge is 0.391 e. The Bertz CT molecular complexity index is 432. The molecule has 0 unspecified atom stereocenters. The van der Waals surface area contributed by atoms with Gasteiger partial charge in [-0.15, -0.1) is 0 Å². The Balaban J connectivity index is 1.60. The van der Waals surface area contributed by atoms with Crippen LogP contribution in [0.15, 0.2) is 24.3 Å². The standard InChI is InChI=1S/C15H21ClN2O/c16-12-3-1-4-13(11-12)17-7-9-18(10-8-17)14-5-2-6-15(14)19/h1,3-4,11,14-15,19H,2,5-10H2/t14-,15+/m0/s1. The number of benzene rings is 1. The maximum Gasteiger partial charge on any atom is 0.0695 e. The van der Waals surface area contributed by atoms with E-state index in [-0.39, 0.29) is 6.10 Å². The molecule has 2 atom stereocenters. The van der Waals surface area contributed by atoms with Gasteiger partial charge in [-0.2, -0.15) is 0 Å². The highest BCUT2D eigenvalue weighted by atomic mass is 35.5. The summed E-state index contributed by atoms with van der Waals surface area (Å²) in [6, 6.07) is 8.45. The van der Waals surface area contributed by atoms with E-state index in [1.165, 1.54) is 12.1 Å². The number of hydrogen-bond donors (Lipinski definition) is 1. The Labute approximate surface area is 119 Å². The first-order valence-corrected chi connectivity index (χ1v) is 7.54. The molecule has 1 heterocycles. The molecule has 1 aliphatic heterocycles. The first-order valence-electron chi connectivity index (χ1n) is 7.17. The van der Waals surface area contributed by atoms with Gasteiger partial charge in [0, 0.05) is 42.9 Å². The molecule has 1 N–H and O–H groups in total. The van der Waals surface area contributed by atoms with Crippen molar-refractivity contribution in [2.75, 3.05) is 31.1 Å². The van der Waals surface area contributed by atoms with E-state index in [4.69, 9.17) is 11.6 Å². The summed E-state index contributed by atoms with van der Waals surface area (Å²) in [5, 5.41) is 10.8. The molecule has 4 heteroatoms. The molecule has 1 aromatic rings. The van der Waals surface area contributed by atoms with E-state index in [2.05, 4.69) is 15.9 Å². The van der Waals surface area contributed by atoms with Crippen molar-refractivity contribution in [2.24, 2.45) is 0 Å². The van der Waals surface area contributed by atoms with Crippen LogP contribution in [-0.4, -0.2) is 48.3 Å². The quantitative estimate of drug-likeness (QED) is 0.901. The smallest absolute Gasteiger partial charge is 0.0695 e. The van der Waals surface area contributed by atoms with Gasteiger partial charge in [0.05, 0.1) is 6.10 Å². The predicted molar refractivity (Wildman–Crippen MR) is 78.9 cm³/mol. The fourth-order valence-electron chi connectivity index (χ4n) is 3.33. The Morgan fingerprint density at radius 3 is 2.53 bits per heavy atom. The van der Waals surface area contributed by atoms with Crippen LogP contribution in [0.25, 0.3) is 0 Å². The van der Waals surface area contributed by atoms with Crippen LogP contribution in [0.3, 0.4) is 0 Å². The maximum absolute atomic E-state index is 9.99. The number of aliphatic hydroxyl groups excluding tert-OH is 1. The van der Waals surface area contributed by atoms with Gasteiger partial charge in [-0.1, -0.05) is 17.7 Å². The first-order chi connectivity index (χ1) is 9.24. The van der Waals surface area contributed by atoms with Crippen LogP contribution in [0, 0.1) is 0 Å². The molecule has 19 heavy (non-hydrogen) atoms. The van der Waals surface area contributed by atoms with E-state index in [1.54, 1.807) is 0 Å². The van der Waals surface area contributed by atoms with Gasteiger partial charge in [-0.25, -0.2) is 0 Å². The van der Waals surface area contributed by atoms with E-state index in [0.29, 0.717) is 6.04 Å². The normalized spacial score (nSPS) is 28.8. The monoisotopic (exact) mass is 280 g/mol. The molecule has 3 nitrogen and oxygen atoms in total. The van der Waals surface area contributed by atoms with Crippen molar-refractivity contribution in [3.8, 4) is 0 Å². The Hall–Kier alpha value is -0.770. The van der Waals surface area contributed by atoms with Crippen molar-refractivity contribution in [3.05, 3.63) is 29.3 Å². The summed E-state index contributed by atoms with van der Waals surface area (Å²) in [4.78, 5) is 4.84. The van der Waals surface area contributed by atoms with Crippen LogP contribution in [0.5, 0.6) is 0 Å². The Morgan fingerprint density at radius 1 is 1.11 bits per heavy atom. The second kappa shape index (κ2) is 5.70. The van der Waals surface area contributed by atoms with Gasteiger partial charge in [0.2, 0.25) is 0 Å². The van der Waals surface area contributed by atoms with Gasteiger partial charge in [0.25, 0.3) is 0 Å². The fourth-order valence-corrected chi connectivity index (χ4v) is 3.52. The van der Waals surface area contributed by atoms with Crippen LogP contribution in [-0.2, 0) is 0 Å². The highest BCUT2D eigenvalue weighted by molar-refractivity contribution is 6.30. The molecule has 0 aromatic heterocycles. The molecule has 1 aromatic carbocycles. The molecule has 104 valence electrons. The minimum Gasteiger partial charge on any atom is -0.391 e. The minimum atomic E-state index is -0.113. The number of aliphatic hydroxyl groups is 1. The lowest BCUT2D eigenvalue weighted by Gasteiger charge is -2.40. The van der Waals surface area contributed by atoms with Gasteiger partial charge in [0.15, 0.2) is 0 Å². The molecule has 1 saturated carbocycles. The molecule has 0 radical (unpaired) electrons. The predicted octanol–water partition coefficient (Wildman–Crippen LogP) is 2.38. The van der Waals surface area contributed by atoms with Crippen molar-refractivity contribution in [2.45, 2.75) is 31.4 Å². The lowest BCUT2D eigenvalue weighted by atomic mass is 10.1. The highest BCUT2D eigenvalue weighted by Gasteiger charge is 2.32. The van der Waals surface area contributed by atoms with Crippen LogP contribution < -0.4 is 4.90 Å². The van der Waals surface area contributed by atoms with E-state index < -0.39 is 0 Å². The van der Waals surface area contributed by atoms with Crippen molar-refractivity contribution in [1.82, 2.24) is 4.90 Å². The summed E-state index contributed by atoms with van der Waals surface area (Å²) in [5.74, 6) is 0. The molecule has 0 spiro atoms. The number of halogens is 1.